The van der Waals surface area contributed by atoms with Gasteiger partial charge in [-0.2, -0.15) is 0 Å². The van der Waals surface area contributed by atoms with Crippen molar-refractivity contribution in [1.82, 2.24) is 4.90 Å². The Morgan fingerprint density at radius 3 is 2.72 bits per heavy atom. The molecule has 0 aromatic heterocycles. The smallest absolute Gasteiger partial charge is 0.219 e. The van der Waals surface area contributed by atoms with E-state index in [0.717, 1.165) is 18.7 Å². The second-order valence-electron chi connectivity index (χ2n) is 4.63. The molecule has 1 aliphatic rings. The number of rotatable bonds is 5. The Kier molecular flexibility index (Phi) is 4.38. The quantitative estimate of drug-likeness (QED) is 0.808. The average molecular weight is 253 g/mol. The van der Waals surface area contributed by atoms with Crippen LogP contribution in [0.15, 0.2) is 24.3 Å². The van der Waals surface area contributed by atoms with Gasteiger partial charge in [0.05, 0.1) is 19.1 Å². The number of likely N-dealkylation sites (tertiary alicyclic amines) is 1. The van der Waals surface area contributed by atoms with Crippen LogP contribution >= 0.6 is 0 Å². The number of nitrogens with one attached hydrogen (secondary N) is 1. The lowest BCUT2D eigenvalue weighted by Gasteiger charge is -2.14. The Morgan fingerprint density at radius 2 is 2.11 bits per heavy atom. The number of hydrogen-bond donors (Lipinski definition) is 1. The van der Waals surface area contributed by atoms with Crippen molar-refractivity contribution in [2.24, 2.45) is 0 Å². The van der Waals surface area contributed by atoms with Gasteiger partial charge in [-0.15, -0.1) is 0 Å². The fraction of sp³-hybridized carbons (Fsp3) is 0.538. The summed E-state index contributed by atoms with van der Waals surface area (Å²) in [4.78, 5) is 13.2. The van der Waals surface area contributed by atoms with Crippen LogP contribution < -0.4 is 5.18 Å². The summed E-state index contributed by atoms with van der Waals surface area (Å²) >= 11 is 0. The first-order valence-corrected chi connectivity index (χ1v) is 6.09. The summed E-state index contributed by atoms with van der Waals surface area (Å²) in [6.07, 6.45) is 0. The summed E-state index contributed by atoms with van der Waals surface area (Å²) in [5.41, 5.74) is 1.00. The van der Waals surface area contributed by atoms with Crippen molar-refractivity contribution in [3.05, 3.63) is 40.6 Å². The molecule has 0 aliphatic carbocycles. The van der Waals surface area contributed by atoms with E-state index >= 15 is 0 Å². The van der Waals surface area contributed by atoms with Gasteiger partial charge >= 0.3 is 0 Å². The van der Waals surface area contributed by atoms with Gasteiger partial charge in [-0.05, 0) is 22.9 Å². The Morgan fingerprint density at radius 1 is 1.39 bits per heavy atom. The summed E-state index contributed by atoms with van der Waals surface area (Å²) in [6.45, 7) is 2.97. The third kappa shape index (κ3) is 2.91. The summed E-state index contributed by atoms with van der Waals surface area (Å²) in [5, 5.41) is 2.11. The van der Waals surface area contributed by atoms with Gasteiger partial charge in [0.25, 0.3) is 0 Å². The molecule has 2 rings (SSSR count). The predicted molar refractivity (Wildman–Crippen MR) is 65.6 cm³/mol. The van der Waals surface area contributed by atoms with E-state index in [9.17, 15) is 9.30 Å². The molecule has 0 bridgehead atoms. The highest BCUT2D eigenvalue weighted by atomic mass is 19.1. The molecule has 1 heterocycles. The summed E-state index contributed by atoms with van der Waals surface area (Å²) in [6, 6.07) is 6.26. The van der Waals surface area contributed by atoms with Crippen LogP contribution in [0.5, 0.6) is 0 Å². The fourth-order valence-corrected chi connectivity index (χ4v) is 2.46. The molecule has 98 valence electrons. The molecular formula is C13H18FN2O2+. The molecule has 0 radical (unpaired) electrons. The van der Waals surface area contributed by atoms with Crippen LogP contribution in [0.4, 0.5) is 4.39 Å². The van der Waals surface area contributed by atoms with Gasteiger partial charge in [0.1, 0.15) is 5.82 Å². The maximum atomic E-state index is 12.9. The standard InChI is InChI=1S/C13H17FN2O2/c1-18-7-6-16-8-12(13(9-16)15-17)10-2-4-11(14)5-3-10/h2-5,12-13H,6-9H2,1H3/p+1. The molecule has 1 aromatic carbocycles. The summed E-state index contributed by atoms with van der Waals surface area (Å²) in [7, 11) is 1.66. The van der Waals surface area contributed by atoms with Gasteiger partial charge in [0, 0.05) is 25.1 Å². The van der Waals surface area contributed by atoms with Gasteiger partial charge in [0.2, 0.25) is 6.04 Å². The minimum Gasteiger partial charge on any atom is -0.383 e. The molecular weight excluding hydrogens is 235 g/mol. The number of nitroso groups, excluding NO2 is 1. The van der Waals surface area contributed by atoms with Crippen molar-refractivity contribution < 1.29 is 14.3 Å². The first-order chi connectivity index (χ1) is 8.74. The van der Waals surface area contributed by atoms with Crippen molar-refractivity contribution in [3.63, 3.8) is 0 Å². The molecule has 2 atom stereocenters. The van der Waals surface area contributed by atoms with Crippen LogP contribution in [0, 0.1) is 10.7 Å². The van der Waals surface area contributed by atoms with E-state index in [1.165, 1.54) is 12.1 Å². The van der Waals surface area contributed by atoms with E-state index in [4.69, 9.17) is 4.74 Å². The zero-order valence-electron chi connectivity index (χ0n) is 10.4. The van der Waals surface area contributed by atoms with Crippen molar-refractivity contribution in [2.45, 2.75) is 12.0 Å². The molecule has 1 N–H and O–H groups in total. The van der Waals surface area contributed by atoms with E-state index in [1.54, 1.807) is 19.2 Å². The van der Waals surface area contributed by atoms with Crippen LogP contribution in [0.25, 0.3) is 0 Å². The summed E-state index contributed by atoms with van der Waals surface area (Å²) in [5.74, 6) is -0.139. The highest BCUT2D eigenvalue weighted by molar-refractivity contribution is 5.23. The van der Waals surface area contributed by atoms with Crippen LogP contribution in [0.3, 0.4) is 0 Å². The van der Waals surface area contributed by atoms with E-state index in [1.807, 2.05) is 0 Å². The summed E-state index contributed by atoms with van der Waals surface area (Å²) < 4.78 is 17.9. The third-order valence-corrected chi connectivity index (χ3v) is 3.46. The van der Waals surface area contributed by atoms with Crippen LogP contribution in [0.1, 0.15) is 11.5 Å². The molecule has 1 saturated heterocycles. The topological polar surface area (TPSA) is 43.5 Å². The van der Waals surface area contributed by atoms with Crippen LogP contribution in [-0.4, -0.2) is 44.3 Å². The normalized spacial score (nSPS) is 24.3. The van der Waals surface area contributed by atoms with Crippen molar-refractivity contribution in [1.29, 1.82) is 0 Å². The first-order valence-electron chi connectivity index (χ1n) is 6.09. The zero-order valence-corrected chi connectivity index (χ0v) is 10.4. The van der Waals surface area contributed by atoms with Gasteiger partial charge in [-0.3, -0.25) is 4.90 Å². The highest BCUT2D eigenvalue weighted by Gasteiger charge is 2.38. The molecule has 0 saturated carbocycles. The van der Waals surface area contributed by atoms with Gasteiger partial charge in [-0.1, -0.05) is 12.1 Å². The number of halogens is 1. The number of benzene rings is 1. The highest BCUT2D eigenvalue weighted by Crippen LogP contribution is 2.25. The molecule has 0 spiro atoms. The van der Waals surface area contributed by atoms with Gasteiger partial charge in [-0.25, -0.2) is 4.39 Å². The van der Waals surface area contributed by atoms with E-state index in [-0.39, 0.29) is 17.8 Å². The largest absolute Gasteiger partial charge is 0.383 e. The number of methoxy groups -OCH3 is 1. The molecule has 1 aromatic rings. The molecule has 2 unspecified atom stereocenters. The maximum Gasteiger partial charge on any atom is 0.219 e. The molecule has 18 heavy (non-hydrogen) atoms. The molecule has 1 aliphatic heterocycles. The minimum absolute atomic E-state index is 0.111. The molecule has 0 amide bonds. The lowest BCUT2D eigenvalue weighted by molar-refractivity contribution is -0.523. The molecule has 4 nitrogen and oxygen atoms in total. The lowest BCUT2D eigenvalue weighted by atomic mass is 9.95. The predicted octanol–water partition coefficient (Wildman–Crippen LogP) is 0.0869. The Labute approximate surface area is 106 Å². The maximum absolute atomic E-state index is 12.9. The van der Waals surface area contributed by atoms with Crippen molar-refractivity contribution in [2.75, 3.05) is 33.4 Å². The SMILES string of the molecule is COCCN1CC([NH+]=O)C(c2ccc(F)cc2)C1. The zero-order chi connectivity index (χ0) is 13.0. The minimum atomic E-state index is -0.250. The Hall–Kier alpha value is -1.33. The number of nitrogens with zero attached hydrogens (tertiary/aromatic N) is 1. The van der Waals surface area contributed by atoms with E-state index in [2.05, 4.69) is 10.1 Å². The van der Waals surface area contributed by atoms with Crippen molar-refractivity contribution in [3.8, 4) is 0 Å². The van der Waals surface area contributed by atoms with Crippen LogP contribution in [-0.2, 0) is 4.74 Å². The number of ether oxygens (including phenoxy) is 1. The Balaban J connectivity index is 2.06. The number of hydrogen-bond acceptors (Lipinski definition) is 3. The van der Waals surface area contributed by atoms with Crippen LogP contribution in [0.2, 0.25) is 0 Å². The first kappa shape index (κ1) is 13.1. The monoisotopic (exact) mass is 253 g/mol. The van der Waals surface area contributed by atoms with Gasteiger partial charge < -0.3 is 4.74 Å². The second kappa shape index (κ2) is 6.02. The molecule has 1 fully saturated rings. The molecule has 5 heteroatoms. The third-order valence-electron chi connectivity index (χ3n) is 3.46. The lowest BCUT2D eigenvalue weighted by Crippen LogP contribution is -2.75. The fourth-order valence-electron chi connectivity index (χ4n) is 2.46. The Bertz CT molecular complexity index is 396. The van der Waals surface area contributed by atoms with E-state index < -0.39 is 0 Å². The second-order valence-corrected chi connectivity index (χ2v) is 4.63. The average Bonchev–Trinajstić information content (AvgIpc) is 2.80. The van der Waals surface area contributed by atoms with E-state index in [0.29, 0.717) is 13.2 Å². The van der Waals surface area contributed by atoms with Gasteiger partial charge in [0.15, 0.2) is 0 Å². The van der Waals surface area contributed by atoms with Crippen molar-refractivity contribution >= 4 is 0 Å².